The van der Waals surface area contributed by atoms with Gasteiger partial charge in [-0.1, -0.05) is 27.2 Å². The number of aliphatic imine (C=N–C) groups is 1. The van der Waals surface area contributed by atoms with E-state index in [1.807, 2.05) is 0 Å². The predicted octanol–water partition coefficient (Wildman–Crippen LogP) is 2.54. The Morgan fingerprint density at radius 1 is 1.45 bits per heavy atom. The highest BCUT2D eigenvalue weighted by Gasteiger charge is 2.17. The van der Waals surface area contributed by atoms with Crippen LogP contribution in [0.15, 0.2) is 4.99 Å². The van der Waals surface area contributed by atoms with E-state index in [0.29, 0.717) is 0 Å². The second kappa shape index (κ2) is 5.09. The van der Waals surface area contributed by atoms with Gasteiger partial charge in [0.25, 0.3) is 0 Å². The molecule has 1 rings (SSSR count). The van der Waals surface area contributed by atoms with Crippen LogP contribution < -0.4 is 0 Å². The SMILES string of the molecule is C.CC1CCCC(N=C=O)C1. The van der Waals surface area contributed by atoms with Gasteiger partial charge in [0.2, 0.25) is 6.08 Å². The molecule has 2 nitrogen and oxygen atoms in total. The van der Waals surface area contributed by atoms with E-state index in [-0.39, 0.29) is 13.5 Å². The molecule has 64 valence electrons. The summed E-state index contributed by atoms with van der Waals surface area (Å²) in [5.74, 6) is 0.746. The van der Waals surface area contributed by atoms with Gasteiger partial charge >= 0.3 is 0 Å². The molecule has 1 saturated carbocycles. The summed E-state index contributed by atoms with van der Waals surface area (Å²) in [7, 11) is 0. The molecule has 0 bridgehead atoms. The zero-order valence-corrected chi connectivity index (χ0v) is 6.34. The van der Waals surface area contributed by atoms with E-state index in [2.05, 4.69) is 11.9 Å². The quantitative estimate of drug-likeness (QED) is 0.422. The highest BCUT2D eigenvalue weighted by atomic mass is 16.1. The van der Waals surface area contributed by atoms with Crippen molar-refractivity contribution >= 4 is 6.08 Å². The smallest absolute Gasteiger partial charge is 0.211 e. The average Bonchev–Trinajstić information content (AvgIpc) is 1.88. The number of hydrogen-bond acceptors (Lipinski definition) is 2. The Bertz CT molecular complexity index is 150. The summed E-state index contributed by atoms with van der Waals surface area (Å²) >= 11 is 0. The lowest BCUT2D eigenvalue weighted by Gasteiger charge is -2.21. The molecular formula is C9H17NO. The van der Waals surface area contributed by atoms with Gasteiger partial charge in [-0.25, -0.2) is 9.79 Å². The van der Waals surface area contributed by atoms with Crippen molar-refractivity contribution in [1.29, 1.82) is 0 Å². The van der Waals surface area contributed by atoms with Crippen molar-refractivity contribution in [2.75, 3.05) is 0 Å². The third-order valence-corrected chi connectivity index (χ3v) is 2.14. The van der Waals surface area contributed by atoms with Crippen LogP contribution in [0.1, 0.15) is 40.0 Å². The summed E-state index contributed by atoms with van der Waals surface area (Å²) in [4.78, 5) is 13.6. The van der Waals surface area contributed by atoms with E-state index in [1.54, 1.807) is 6.08 Å². The van der Waals surface area contributed by atoms with Crippen LogP contribution in [0.25, 0.3) is 0 Å². The van der Waals surface area contributed by atoms with E-state index >= 15 is 0 Å². The number of carbonyl (C=O) groups excluding carboxylic acids is 1. The number of nitrogens with zero attached hydrogens (tertiary/aromatic N) is 1. The van der Waals surface area contributed by atoms with Gasteiger partial charge in [-0.05, 0) is 18.8 Å². The normalized spacial score (nSPS) is 29.9. The second-order valence-electron chi connectivity index (χ2n) is 3.15. The van der Waals surface area contributed by atoms with Crippen molar-refractivity contribution in [3.05, 3.63) is 0 Å². The molecule has 0 aromatic carbocycles. The summed E-state index contributed by atoms with van der Waals surface area (Å²) in [6, 6.07) is 0.279. The van der Waals surface area contributed by atoms with Crippen molar-refractivity contribution in [1.82, 2.24) is 0 Å². The third-order valence-electron chi connectivity index (χ3n) is 2.14. The highest BCUT2D eigenvalue weighted by Crippen LogP contribution is 2.25. The van der Waals surface area contributed by atoms with E-state index in [9.17, 15) is 4.79 Å². The lowest BCUT2D eigenvalue weighted by Crippen LogP contribution is -2.15. The maximum absolute atomic E-state index is 9.89. The van der Waals surface area contributed by atoms with Crippen molar-refractivity contribution in [3.63, 3.8) is 0 Å². The van der Waals surface area contributed by atoms with Crippen LogP contribution in [0.3, 0.4) is 0 Å². The molecule has 2 atom stereocenters. The molecule has 2 unspecified atom stereocenters. The Labute approximate surface area is 68.7 Å². The first-order valence-electron chi connectivity index (χ1n) is 3.90. The van der Waals surface area contributed by atoms with Gasteiger partial charge in [0.1, 0.15) is 0 Å². The fourth-order valence-electron chi connectivity index (χ4n) is 1.59. The largest absolute Gasteiger partial charge is 0.235 e. The van der Waals surface area contributed by atoms with Crippen LogP contribution in [-0.2, 0) is 4.79 Å². The predicted molar refractivity (Wildman–Crippen MR) is 46.3 cm³/mol. The van der Waals surface area contributed by atoms with Crippen LogP contribution in [0.4, 0.5) is 0 Å². The third kappa shape index (κ3) is 3.33. The topological polar surface area (TPSA) is 29.4 Å². The average molecular weight is 155 g/mol. The van der Waals surface area contributed by atoms with E-state index in [0.717, 1.165) is 18.8 Å². The monoisotopic (exact) mass is 155 g/mol. The van der Waals surface area contributed by atoms with Crippen LogP contribution in [-0.4, -0.2) is 12.1 Å². The van der Waals surface area contributed by atoms with Gasteiger partial charge in [0.15, 0.2) is 0 Å². The molecule has 0 amide bonds. The van der Waals surface area contributed by atoms with Gasteiger partial charge in [-0.2, -0.15) is 0 Å². The Hall–Kier alpha value is -0.620. The standard InChI is InChI=1S/C8H13NO.CH4/c1-7-3-2-4-8(5-7)9-6-10;/h7-8H,2-5H2,1H3;1H4. The summed E-state index contributed by atoms with van der Waals surface area (Å²) in [5, 5.41) is 0. The van der Waals surface area contributed by atoms with E-state index in [1.165, 1.54) is 12.8 Å². The van der Waals surface area contributed by atoms with Gasteiger partial charge in [-0.3, -0.25) is 0 Å². The van der Waals surface area contributed by atoms with Crippen LogP contribution >= 0.6 is 0 Å². The number of hydrogen-bond donors (Lipinski definition) is 0. The maximum atomic E-state index is 9.89. The van der Waals surface area contributed by atoms with Crippen molar-refractivity contribution in [2.45, 2.75) is 46.1 Å². The fourth-order valence-corrected chi connectivity index (χ4v) is 1.59. The Morgan fingerprint density at radius 2 is 2.18 bits per heavy atom. The summed E-state index contributed by atoms with van der Waals surface area (Å²) < 4.78 is 0. The Morgan fingerprint density at radius 3 is 2.73 bits per heavy atom. The first-order chi connectivity index (χ1) is 4.83. The summed E-state index contributed by atoms with van der Waals surface area (Å²) in [6.07, 6.45) is 6.31. The van der Waals surface area contributed by atoms with Gasteiger partial charge in [-0.15, -0.1) is 0 Å². The zero-order valence-electron chi connectivity index (χ0n) is 6.34. The first kappa shape index (κ1) is 10.4. The molecular weight excluding hydrogens is 138 g/mol. The Kier molecular flexibility index (Phi) is 4.80. The van der Waals surface area contributed by atoms with Gasteiger partial charge < -0.3 is 0 Å². The maximum Gasteiger partial charge on any atom is 0.235 e. The second-order valence-corrected chi connectivity index (χ2v) is 3.15. The molecule has 2 heteroatoms. The van der Waals surface area contributed by atoms with Gasteiger partial charge in [0.05, 0.1) is 6.04 Å². The van der Waals surface area contributed by atoms with Crippen LogP contribution in [0.2, 0.25) is 0 Å². The molecule has 0 radical (unpaired) electrons. The lowest BCUT2D eigenvalue weighted by atomic mass is 9.87. The lowest BCUT2D eigenvalue weighted by molar-refractivity contribution is 0.345. The molecule has 1 fully saturated rings. The molecule has 0 aromatic rings. The molecule has 0 aliphatic heterocycles. The summed E-state index contributed by atoms with van der Waals surface area (Å²) in [5.41, 5.74) is 0. The molecule has 0 spiro atoms. The Balaban J connectivity index is 0.000001000. The van der Waals surface area contributed by atoms with Crippen molar-refractivity contribution in [2.24, 2.45) is 10.9 Å². The molecule has 1 aliphatic rings. The highest BCUT2D eigenvalue weighted by molar-refractivity contribution is 5.33. The molecule has 0 saturated heterocycles. The number of rotatable bonds is 1. The van der Waals surface area contributed by atoms with Crippen molar-refractivity contribution in [3.8, 4) is 0 Å². The summed E-state index contributed by atoms with van der Waals surface area (Å²) in [6.45, 7) is 2.21. The van der Waals surface area contributed by atoms with E-state index < -0.39 is 0 Å². The minimum absolute atomic E-state index is 0. The molecule has 0 aromatic heterocycles. The van der Waals surface area contributed by atoms with E-state index in [4.69, 9.17) is 0 Å². The zero-order chi connectivity index (χ0) is 7.40. The van der Waals surface area contributed by atoms with Crippen molar-refractivity contribution < 1.29 is 4.79 Å². The molecule has 0 N–H and O–H groups in total. The molecule has 1 aliphatic carbocycles. The molecule has 0 heterocycles. The minimum atomic E-state index is 0. The van der Waals surface area contributed by atoms with Crippen LogP contribution in [0, 0.1) is 5.92 Å². The van der Waals surface area contributed by atoms with Crippen LogP contribution in [0.5, 0.6) is 0 Å². The van der Waals surface area contributed by atoms with Gasteiger partial charge in [0, 0.05) is 0 Å². The number of isocyanates is 1. The first-order valence-corrected chi connectivity index (χ1v) is 3.90. The molecule has 11 heavy (non-hydrogen) atoms. The minimum Gasteiger partial charge on any atom is -0.211 e. The fraction of sp³-hybridized carbons (Fsp3) is 0.889.